The van der Waals surface area contributed by atoms with Crippen molar-refractivity contribution in [3.05, 3.63) is 17.0 Å². The van der Waals surface area contributed by atoms with E-state index in [0.717, 1.165) is 38.6 Å². The van der Waals surface area contributed by atoms with Crippen molar-refractivity contribution in [1.29, 1.82) is 5.41 Å². The zero-order valence-electron chi connectivity index (χ0n) is 16.8. The first kappa shape index (κ1) is 20.5. The molecule has 0 amide bonds. The van der Waals surface area contributed by atoms with Crippen molar-refractivity contribution in [2.75, 3.05) is 0 Å². The summed E-state index contributed by atoms with van der Waals surface area (Å²) in [4.78, 5) is 13.0. The monoisotopic (exact) mass is 425 g/mol. The Morgan fingerprint density at radius 3 is 2.25 bits per heavy atom. The second-order valence-electron chi connectivity index (χ2n) is 9.13. The molecule has 3 aliphatic rings. The smallest absolute Gasteiger partial charge is 0.202 e. The Labute approximate surface area is 178 Å². The molecule has 0 bridgehead atoms. The fourth-order valence-corrected chi connectivity index (χ4v) is 6.08. The zero-order chi connectivity index (χ0) is 19.7. The van der Waals surface area contributed by atoms with E-state index in [1.165, 1.54) is 49.9 Å². The second-order valence-corrected chi connectivity index (χ2v) is 10.3. The molecule has 1 N–H and O–H groups in total. The van der Waals surface area contributed by atoms with E-state index in [1.54, 1.807) is 0 Å². The summed E-state index contributed by atoms with van der Waals surface area (Å²) < 4.78 is 4.27. The summed E-state index contributed by atoms with van der Waals surface area (Å²) in [5.41, 5.74) is 3.11. The van der Waals surface area contributed by atoms with E-state index in [2.05, 4.69) is 4.57 Å². The van der Waals surface area contributed by atoms with Crippen LogP contribution in [0.3, 0.4) is 0 Å². The van der Waals surface area contributed by atoms with Gasteiger partial charge in [-0.15, -0.1) is 23.2 Å². The molecule has 1 aromatic rings. The predicted octanol–water partition coefficient (Wildman–Crippen LogP) is 4.81. The number of fused-ring (bicyclic) bond motifs is 1. The number of alkyl halides is 2. The van der Waals surface area contributed by atoms with Gasteiger partial charge < -0.3 is 9.13 Å². The first-order valence-electron chi connectivity index (χ1n) is 11.2. The zero-order valence-corrected chi connectivity index (χ0v) is 18.3. The number of Topliss-reactive ketones (excluding diaryl/α,β-unsaturated/α-hetero) is 1. The average molecular weight is 426 g/mol. The molecule has 6 heteroatoms. The molecule has 28 heavy (non-hydrogen) atoms. The van der Waals surface area contributed by atoms with Gasteiger partial charge in [0.1, 0.15) is 0 Å². The molecule has 2 saturated carbocycles. The summed E-state index contributed by atoms with van der Waals surface area (Å²) in [6.07, 6.45) is 13.3. The molecule has 156 valence electrons. The summed E-state index contributed by atoms with van der Waals surface area (Å²) in [7, 11) is 0. The number of hydrogen-bond acceptors (Lipinski definition) is 2. The van der Waals surface area contributed by atoms with Crippen molar-refractivity contribution >= 4 is 29.0 Å². The summed E-state index contributed by atoms with van der Waals surface area (Å²) in [6.45, 7) is 1.30. The number of nitrogens with zero attached hydrogens (tertiary/aromatic N) is 2. The first-order valence-corrected chi connectivity index (χ1v) is 12.1. The van der Waals surface area contributed by atoms with Gasteiger partial charge in [-0.1, -0.05) is 19.3 Å². The number of carbonyl (C=O) groups excluding carboxylic acids is 1. The van der Waals surface area contributed by atoms with Crippen LogP contribution in [0.1, 0.15) is 75.6 Å². The highest BCUT2D eigenvalue weighted by Gasteiger charge is 2.32. The van der Waals surface area contributed by atoms with Crippen LogP contribution in [0.4, 0.5) is 0 Å². The van der Waals surface area contributed by atoms with Crippen LogP contribution < -0.4 is 5.62 Å². The topological polar surface area (TPSA) is 50.8 Å². The fraction of sp³-hybridized carbons (Fsp3) is 0.818. The lowest BCUT2D eigenvalue weighted by Gasteiger charge is -2.28. The molecule has 3 unspecified atom stereocenters. The minimum absolute atomic E-state index is 0.00895. The standard InChI is InChI=1S/C22H33Cl2N3O/c23-17-11-10-16(12-18(17)24)21(28)14-27-20-9-5-4-8-19(20)26(22(27)25)13-15-6-2-1-3-7-15/h15-18,25H,1-14H2. The van der Waals surface area contributed by atoms with Crippen LogP contribution in [0.5, 0.6) is 0 Å². The lowest BCUT2D eigenvalue weighted by Crippen LogP contribution is -2.35. The summed E-state index contributed by atoms with van der Waals surface area (Å²) in [6, 6.07) is 0. The van der Waals surface area contributed by atoms with E-state index in [1.807, 2.05) is 4.57 Å². The van der Waals surface area contributed by atoms with Crippen LogP contribution in [-0.2, 0) is 30.7 Å². The molecule has 1 heterocycles. The summed E-state index contributed by atoms with van der Waals surface area (Å²) in [5.74, 6) is 0.915. The highest BCUT2D eigenvalue weighted by Crippen LogP contribution is 2.33. The van der Waals surface area contributed by atoms with Crippen LogP contribution in [0, 0.1) is 17.2 Å². The maximum absolute atomic E-state index is 13.0. The molecule has 2 fully saturated rings. The van der Waals surface area contributed by atoms with E-state index in [-0.39, 0.29) is 22.5 Å². The average Bonchev–Trinajstić information content (AvgIpc) is 2.97. The van der Waals surface area contributed by atoms with E-state index in [9.17, 15) is 4.79 Å². The van der Waals surface area contributed by atoms with Crippen LogP contribution in [0.25, 0.3) is 0 Å². The molecule has 0 radical (unpaired) electrons. The Morgan fingerprint density at radius 1 is 0.893 bits per heavy atom. The Balaban J connectivity index is 1.55. The Kier molecular flexibility index (Phi) is 6.56. The van der Waals surface area contributed by atoms with E-state index < -0.39 is 0 Å². The predicted molar refractivity (Wildman–Crippen MR) is 113 cm³/mol. The van der Waals surface area contributed by atoms with Crippen molar-refractivity contribution < 1.29 is 4.79 Å². The Bertz CT molecular complexity index is 763. The molecule has 1 aromatic heterocycles. The normalized spacial score (nSPS) is 28.9. The van der Waals surface area contributed by atoms with Gasteiger partial charge in [-0.25, -0.2) is 0 Å². The lowest BCUT2D eigenvalue weighted by molar-refractivity contribution is -0.124. The van der Waals surface area contributed by atoms with Gasteiger partial charge in [-0.2, -0.15) is 0 Å². The number of ketones is 1. The minimum Gasteiger partial charge on any atom is -0.314 e. The number of nitrogens with one attached hydrogen (secondary N) is 1. The number of rotatable bonds is 5. The maximum atomic E-state index is 13.0. The van der Waals surface area contributed by atoms with Crippen molar-refractivity contribution in [1.82, 2.24) is 9.13 Å². The molecule has 4 nitrogen and oxygen atoms in total. The van der Waals surface area contributed by atoms with Gasteiger partial charge >= 0.3 is 0 Å². The van der Waals surface area contributed by atoms with Gasteiger partial charge in [0.25, 0.3) is 0 Å². The Morgan fingerprint density at radius 2 is 1.57 bits per heavy atom. The SMILES string of the molecule is N=c1n(CC(=O)C2CCC(Cl)C(Cl)C2)c2c(n1CC1CCCCC1)CCCC2. The first-order chi connectivity index (χ1) is 13.5. The molecule has 4 rings (SSSR count). The third-order valence-electron chi connectivity index (χ3n) is 7.20. The number of carbonyl (C=O) groups is 1. The minimum atomic E-state index is -0.116. The highest BCUT2D eigenvalue weighted by molar-refractivity contribution is 6.30. The van der Waals surface area contributed by atoms with Crippen molar-refractivity contribution in [3.8, 4) is 0 Å². The Hall–Kier alpha value is -0.740. The molecule has 0 spiro atoms. The third kappa shape index (κ3) is 4.23. The molecule has 0 saturated heterocycles. The van der Waals surface area contributed by atoms with E-state index in [4.69, 9.17) is 28.6 Å². The van der Waals surface area contributed by atoms with E-state index >= 15 is 0 Å². The van der Waals surface area contributed by atoms with Crippen LogP contribution in [0.15, 0.2) is 0 Å². The van der Waals surface area contributed by atoms with Crippen LogP contribution in [0.2, 0.25) is 0 Å². The van der Waals surface area contributed by atoms with Crippen LogP contribution in [-0.4, -0.2) is 25.7 Å². The number of aromatic nitrogens is 2. The van der Waals surface area contributed by atoms with Gasteiger partial charge in [-0.3, -0.25) is 10.2 Å². The van der Waals surface area contributed by atoms with Gasteiger partial charge in [0.2, 0.25) is 5.62 Å². The largest absolute Gasteiger partial charge is 0.314 e. The van der Waals surface area contributed by atoms with Crippen molar-refractivity contribution in [2.45, 2.75) is 101 Å². The molecular weight excluding hydrogens is 393 g/mol. The van der Waals surface area contributed by atoms with Crippen LogP contribution >= 0.6 is 23.2 Å². The highest BCUT2D eigenvalue weighted by atomic mass is 35.5. The molecule has 3 aliphatic carbocycles. The second kappa shape index (κ2) is 8.95. The molecule has 0 aromatic carbocycles. The summed E-state index contributed by atoms with van der Waals surface area (Å²) in [5, 5.41) is 8.73. The number of imidazole rings is 1. The molecule has 0 aliphatic heterocycles. The van der Waals surface area contributed by atoms with Gasteiger partial charge in [0.15, 0.2) is 5.78 Å². The molecule has 3 atom stereocenters. The van der Waals surface area contributed by atoms with Crippen molar-refractivity contribution in [2.24, 2.45) is 11.8 Å². The van der Waals surface area contributed by atoms with Gasteiger partial charge in [-0.05, 0) is 63.7 Å². The molecular formula is C22H33Cl2N3O. The van der Waals surface area contributed by atoms with Crippen molar-refractivity contribution in [3.63, 3.8) is 0 Å². The quantitative estimate of drug-likeness (QED) is 0.675. The maximum Gasteiger partial charge on any atom is 0.202 e. The number of hydrogen-bond donors (Lipinski definition) is 1. The number of halogens is 2. The van der Waals surface area contributed by atoms with Gasteiger partial charge in [0, 0.05) is 29.2 Å². The third-order valence-corrected chi connectivity index (χ3v) is 8.33. The van der Waals surface area contributed by atoms with E-state index in [0.29, 0.717) is 24.5 Å². The summed E-state index contributed by atoms with van der Waals surface area (Å²) >= 11 is 12.6. The lowest BCUT2D eigenvalue weighted by atomic mass is 9.85. The fourth-order valence-electron chi connectivity index (χ4n) is 5.51. The van der Waals surface area contributed by atoms with Gasteiger partial charge in [0.05, 0.1) is 11.9 Å².